The summed E-state index contributed by atoms with van der Waals surface area (Å²) in [5.41, 5.74) is 5.66. The Morgan fingerprint density at radius 1 is 1.00 bits per heavy atom. The molecule has 5 N–H and O–H groups in total. The molecule has 2 rings (SSSR count). The van der Waals surface area contributed by atoms with Gasteiger partial charge in [-0.25, -0.2) is 0 Å². The van der Waals surface area contributed by atoms with Crippen LogP contribution in [0.3, 0.4) is 0 Å². The molecule has 31 heavy (non-hydrogen) atoms. The van der Waals surface area contributed by atoms with Gasteiger partial charge >= 0.3 is 0 Å². The summed E-state index contributed by atoms with van der Waals surface area (Å²) in [7, 11) is 0. The summed E-state index contributed by atoms with van der Waals surface area (Å²) < 4.78 is 0. The minimum Gasteiger partial charge on any atom is -0.330 e. The van der Waals surface area contributed by atoms with Crippen LogP contribution < -0.4 is 21.7 Å². The topological polar surface area (TPSA) is 62.1 Å². The molecule has 0 aromatic carbocycles. The minimum absolute atomic E-state index is 0.734. The second-order valence-electron chi connectivity index (χ2n) is 11.9. The molecule has 2 saturated heterocycles. The molecule has 0 spiro atoms. The fourth-order valence-electron chi connectivity index (χ4n) is 6.30. The molecular formula is C27H56N4. The Kier molecular flexibility index (Phi) is 13.0. The summed E-state index contributed by atoms with van der Waals surface area (Å²) in [6.45, 7) is 18.8. The molecule has 2 aliphatic heterocycles. The predicted octanol–water partition coefficient (Wildman–Crippen LogP) is 4.64. The first kappa shape index (κ1) is 27.1. The van der Waals surface area contributed by atoms with Crippen molar-refractivity contribution >= 4 is 0 Å². The largest absolute Gasteiger partial charge is 0.330 e. The van der Waals surface area contributed by atoms with Gasteiger partial charge in [-0.05, 0) is 126 Å². The van der Waals surface area contributed by atoms with Gasteiger partial charge in [0.2, 0.25) is 0 Å². The van der Waals surface area contributed by atoms with Gasteiger partial charge in [-0.1, -0.05) is 41.0 Å². The van der Waals surface area contributed by atoms with Crippen molar-refractivity contribution in [1.29, 1.82) is 0 Å². The maximum absolute atomic E-state index is 5.66. The SMILES string of the molecule is CC(C)CCC(CNCCCN)CC(C)CC1CC(C2CNCCC2CC(C)C)CN1. The summed E-state index contributed by atoms with van der Waals surface area (Å²) in [4.78, 5) is 0. The van der Waals surface area contributed by atoms with Crippen LogP contribution >= 0.6 is 0 Å². The number of piperidine rings is 1. The van der Waals surface area contributed by atoms with E-state index in [1.807, 2.05) is 0 Å². The third kappa shape index (κ3) is 10.5. The van der Waals surface area contributed by atoms with Gasteiger partial charge in [0.25, 0.3) is 0 Å². The molecule has 0 aliphatic carbocycles. The number of nitrogens with one attached hydrogen (secondary N) is 3. The van der Waals surface area contributed by atoms with E-state index in [1.165, 1.54) is 71.1 Å². The Labute approximate surface area is 194 Å². The van der Waals surface area contributed by atoms with Crippen LogP contribution in [0.15, 0.2) is 0 Å². The summed E-state index contributed by atoms with van der Waals surface area (Å²) >= 11 is 0. The van der Waals surface area contributed by atoms with Crippen LogP contribution in [-0.4, -0.2) is 45.3 Å². The van der Waals surface area contributed by atoms with Crippen LogP contribution in [-0.2, 0) is 0 Å². The van der Waals surface area contributed by atoms with Crippen molar-refractivity contribution in [2.24, 2.45) is 47.2 Å². The van der Waals surface area contributed by atoms with Crippen LogP contribution in [0, 0.1) is 41.4 Å². The molecule has 0 aromatic rings. The van der Waals surface area contributed by atoms with E-state index in [2.05, 4.69) is 50.6 Å². The molecular weight excluding hydrogens is 380 g/mol. The first-order valence-electron chi connectivity index (χ1n) is 13.7. The molecule has 6 atom stereocenters. The van der Waals surface area contributed by atoms with Gasteiger partial charge in [-0.2, -0.15) is 0 Å². The first-order valence-corrected chi connectivity index (χ1v) is 13.7. The van der Waals surface area contributed by atoms with E-state index in [1.54, 1.807) is 0 Å². The lowest BCUT2D eigenvalue weighted by molar-refractivity contribution is 0.160. The molecule has 2 fully saturated rings. The van der Waals surface area contributed by atoms with Gasteiger partial charge in [0, 0.05) is 6.04 Å². The zero-order valence-electron chi connectivity index (χ0n) is 21.6. The van der Waals surface area contributed by atoms with Crippen molar-refractivity contribution < 1.29 is 0 Å². The second kappa shape index (κ2) is 14.9. The smallest absolute Gasteiger partial charge is 0.00729 e. The van der Waals surface area contributed by atoms with Crippen LogP contribution in [0.4, 0.5) is 0 Å². The van der Waals surface area contributed by atoms with E-state index in [-0.39, 0.29) is 0 Å². The highest BCUT2D eigenvalue weighted by molar-refractivity contribution is 4.92. The highest BCUT2D eigenvalue weighted by Gasteiger charge is 2.36. The molecule has 0 bridgehead atoms. The third-order valence-electron chi connectivity index (χ3n) is 7.88. The average Bonchev–Trinajstić information content (AvgIpc) is 3.17. The van der Waals surface area contributed by atoms with Gasteiger partial charge in [0.1, 0.15) is 0 Å². The van der Waals surface area contributed by atoms with Crippen molar-refractivity contribution in [2.45, 2.75) is 92.0 Å². The minimum atomic E-state index is 0.734. The van der Waals surface area contributed by atoms with Crippen molar-refractivity contribution in [1.82, 2.24) is 16.0 Å². The van der Waals surface area contributed by atoms with Gasteiger partial charge < -0.3 is 21.7 Å². The summed E-state index contributed by atoms with van der Waals surface area (Å²) in [6, 6.07) is 0.734. The molecule has 6 unspecified atom stereocenters. The van der Waals surface area contributed by atoms with Crippen LogP contribution in [0.1, 0.15) is 86.0 Å². The van der Waals surface area contributed by atoms with E-state index < -0.39 is 0 Å². The number of nitrogens with two attached hydrogens (primary N) is 1. The van der Waals surface area contributed by atoms with Crippen LogP contribution in [0.2, 0.25) is 0 Å². The second-order valence-corrected chi connectivity index (χ2v) is 11.9. The molecule has 184 valence electrons. The van der Waals surface area contributed by atoms with E-state index in [0.29, 0.717) is 0 Å². The zero-order chi connectivity index (χ0) is 22.6. The molecule has 2 heterocycles. The Bertz CT molecular complexity index is 453. The molecule has 2 aliphatic rings. The predicted molar refractivity (Wildman–Crippen MR) is 136 cm³/mol. The van der Waals surface area contributed by atoms with Gasteiger partial charge in [-0.3, -0.25) is 0 Å². The maximum Gasteiger partial charge on any atom is 0.00729 e. The third-order valence-corrected chi connectivity index (χ3v) is 7.88. The van der Waals surface area contributed by atoms with Crippen molar-refractivity contribution in [3.8, 4) is 0 Å². The molecule has 4 heteroatoms. The summed E-state index contributed by atoms with van der Waals surface area (Å²) in [5.74, 6) is 5.95. The molecule has 0 saturated carbocycles. The Hall–Kier alpha value is -0.160. The monoisotopic (exact) mass is 436 g/mol. The molecule has 0 radical (unpaired) electrons. The lowest BCUT2D eigenvalue weighted by Crippen LogP contribution is -2.41. The normalized spacial score (nSPS) is 29.0. The van der Waals surface area contributed by atoms with E-state index in [4.69, 9.17) is 5.73 Å². The number of hydrogen-bond donors (Lipinski definition) is 4. The van der Waals surface area contributed by atoms with Crippen molar-refractivity contribution in [3.63, 3.8) is 0 Å². The quantitative estimate of drug-likeness (QED) is 0.282. The van der Waals surface area contributed by atoms with Gasteiger partial charge in [0.05, 0.1) is 0 Å². The van der Waals surface area contributed by atoms with E-state index in [0.717, 1.165) is 67.0 Å². The maximum atomic E-state index is 5.66. The zero-order valence-corrected chi connectivity index (χ0v) is 21.6. The summed E-state index contributed by atoms with van der Waals surface area (Å²) in [5, 5.41) is 11.3. The first-order chi connectivity index (χ1) is 14.9. The Morgan fingerprint density at radius 3 is 2.52 bits per heavy atom. The summed E-state index contributed by atoms with van der Waals surface area (Å²) in [6.07, 6.45) is 10.7. The number of hydrogen-bond acceptors (Lipinski definition) is 4. The number of rotatable bonds is 15. The van der Waals surface area contributed by atoms with Crippen molar-refractivity contribution in [3.05, 3.63) is 0 Å². The Morgan fingerprint density at radius 2 is 1.81 bits per heavy atom. The highest BCUT2D eigenvalue weighted by Crippen LogP contribution is 2.36. The molecule has 4 nitrogen and oxygen atoms in total. The van der Waals surface area contributed by atoms with E-state index >= 15 is 0 Å². The Balaban J connectivity index is 1.78. The standard InChI is InChI=1S/C27H56N4/c1-20(2)7-8-23(17-29-11-6-10-28)14-22(5)15-26-16-25(18-31-26)27-19-30-12-9-24(27)13-21(3)4/h20-27,29-31H,6-19,28H2,1-5H3. The lowest BCUT2D eigenvalue weighted by atomic mass is 9.73. The van der Waals surface area contributed by atoms with Gasteiger partial charge in [0.15, 0.2) is 0 Å². The lowest BCUT2D eigenvalue weighted by Gasteiger charge is -2.37. The fourth-order valence-corrected chi connectivity index (χ4v) is 6.30. The van der Waals surface area contributed by atoms with Crippen LogP contribution in [0.25, 0.3) is 0 Å². The fraction of sp³-hybridized carbons (Fsp3) is 1.00. The van der Waals surface area contributed by atoms with Crippen molar-refractivity contribution in [2.75, 3.05) is 39.3 Å². The molecule has 0 aromatic heterocycles. The average molecular weight is 437 g/mol. The highest BCUT2D eigenvalue weighted by atomic mass is 15.0. The van der Waals surface area contributed by atoms with Gasteiger partial charge in [-0.15, -0.1) is 0 Å². The van der Waals surface area contributed by atoms with E-state index in [9.17, 15) is 0 Å². The molecule has 0 amide bonds. The van der Waals surface area contributed by atoms with Crippen LogP contribution in [0.5, 0.6) is 0 Å².